The maximum Gasteiger partial charge on any atom is 0.317 e. The lowest BCUT2D eigenvalue weighted by Crippen LogP contribution is -2.44. The van der Waals surface area contributed by atoms with Gasteiger partial charge in [-0.15, -0.1) is 0 Å². The SMILES string of the molecule is CCn1cc(C2CCN(C(=O)NCC=C(C)C)CC2)cn1. The topological polar surface area (TPSA) is 50.2 Å². The number of nitrogens with zero attached hydrogens (tertiary/aromatic N) is 3. The fourth-order valence-electron chi connectivity index (χ4n) is 2.63. The number of carbonyl (C=O) groups excluding carboxylic acids is 1. The lowest BCUT2D eigenvalue weighted by Gasteiger charge is -2.31. The Bertz CT molecular complexity index is 494. The van der Waals surface area contributed by atoms with Crippen LogP contribution in [0.4, 0.5) is 4.79 Å². The first-order valence-corrected chi connectivity index (χ1v) is 7.78. The van der Waals surface area contributed by atoms with Crippen LogP contribution >= 0.6 is 0 Å². The number of amides is 2. The van der Waals surface area contributed by atoms with Gasteiger partial charge in [-0.3, -0.25) is 4.68 Å². The second-order valence-corrected chi connectivity index (χ2v) is 5.86. The number of likely N-dealkylation sites (tertiary alicyclic amines) is 1. The van der Waals surface area contributed by atoms with Crippen LogP contribution in [-0.2, 0) is 6.54 Å². The summed E-state index contributed by atoms with van der Waals surface area (Å²) in [7, 11) is 0. The minimum Gasteiger partial charge on any atom is -0.335 e. The molecular formula is C16H26N4O. The van der Waals surface area contributed by atoms with Crippen LogP contribution in [0.15, 0.2) is 24.0 Å². The number of rotatable bonds is 4. The minimum absolute atomic E-state index is 0.0511. The number of aromatic nitrogens is 2. The molecule has 5 heteroatoms. The summed E-state index contributed by atoms with van der Waals surface area (Å²) in [4.78, 5) is 14.0. The molecule has 0 spiro atoms. The zero-order valence-corrected chi connectivity index (χ0v) is 13.3. The van der Waals surface area contributed by atoms with E-state index in [1.165, 1.54) is 11.1 Å². The maximum absolute atomic E-state index is 12.0. The molecule has 1 aromatic rings. The van der Waals surface area contributed by atoms with Gasteiger partial charge in [0.2, 0.25) is 0 Å². The van der Waals surface area contributed by atoms with Crippen LogP contribution in [0.25, 0.3) is 0 Å². The summed E-state index contributed by atoms with van der Waals surface area (Å²) < 4.78 is 1.97. The van der Waals surface area contributed by atoms with E-state index < -0.39 is 0 Å². The Morgan fingerprint density at radius 1 is 1.43 bits per heavy atom. The van der Waals surface area contributed by atoms with Crippen LogP contribution in [0.5, 0.6) is 0 Å². The van der Waals surface area contributed by atoms with Gasteiger partial charge in [-0.2, -0.15) is 5.10 Å². The van der Waals surface area contributed by atoms with Crippen molar-refractivity contribution < 1.29 is 4.79 Å². The summed E-state index contributed by atoms with van der Waals surface area (Å²) in [6, 6.07) is 0.0511. The van der Waals surface area contributed by atoms with E-state index in [1.807, 2.05) is 35.7 Å². The fourth-order valence-corrected chi connectivity index (χ4v) is 2.63. The highest BCUT2D eigenvalue weighted by Crippen LogP contribution is 2.27. The van der Waals surface area contributed by atoms with Gasteiger partial charge in [0, 0.05) is 32.4 Å². The van der Waals surface area contributed by atoms with Crippen LogP contribution < -0.4 is 5.32 Å². The average Bonchev–Trinajstić information content (AvgIpc) is 2.96. The number of allylic oxidation sites excluding steroid dienone is 1. The van der Waals surface area contributed by atoms with Gasteiger partial charge in [0.15, 0.2) is 0 Å². The molecule has 1 saturated heterocycles. The Hall–Kier alpha value is -1.78. The molecule has 2 heterocycles. The van der Waals surface area contributed by atoms with Gasteiger partial charge in [0.05, 0.1) is 6.20 Å². The first kappa shape index (κ1) is 15.6. The molecule has 5 nitrogen and oxygen atoms in total. The summed E-state index contributed by atoms with van der Waals surface area (Å²) in [6.45, 7) is 9.33. The molecule has 21 heavy (non-hydrogen) atoms. The quantitative estimate of drug-likeness (QED) is 0.867. The predicted molar refractivity (Wildman–Crippen MR) is 84.3 cm³/mol. The van der Waals surface area contributed by atoms with Gasteiger partial charge in [0.25, 0.3) is 0 Å². The van der Waals surface area contributed by atoms with E-state index >= 15 is 0 Å². The van der Waals surface area contributed by atoms with Gasteiger partial charge in [-0.25, -0.2) is 4.79 Å². The smallest absolute Gasteiger partial charge is 0.317 e. The highest BCUT2D eigenvalue weighted by atomic mass is 16.2. The van der Waals surface area contributed by atoms with Crippen molar-refractivity contribution in [1.29, 1.82) is 0 Å². The van der Waals surface area contributed by atoms with Crippen LogP contribution in [0.3, 0.4) is 0 Å². The van der Waals surface area contributed by atoms with Crippen LogP contribution in [0.2, 0.25) is 0 Å². The van der Waals surface area contributed by atoms with Crippen LogP contribution in [-0.4, -0.2) is 40.3 Å². The molecule has 2 amide bonds. The zero-order valence-electron chi connectivity index (χ0n) is 13.3. The highest BCUT2D eigenvalue weighted by Gasteiger charge is 2.24. The summed E-state index contributed by atoms with van der Waals surface area (Å²) in [6.07, 6.45) is 8.18. The highest BCUT2D eigenvalue weighted by molar-refractivity contribution is 5.74. The normalized spacial score (nSPS) is 15.9. The molecule has 0 saturated carbocycles. The molecule has 1 aromatic heterocycles. The lowest BCUT2D eigenvalue weighted by molar-refractivity contribution is 0.182. The summed E-state index contributed by atoms with van der Waals surface area (Å²) in [5, 5.41) is 7.28. The molecule has 0 aliphatic carbocycles. The second kappa shape index (κ2) is 7.29. The van der Waals surface area contributed by atoms with E-state index in [2.05, 4.69) is 23.5 Å². The molecule has 0 bridgehead atoms. The molecule has 0 unspecified atom stereocenters. The van der Waals surface area contributed by atoms with Crippen LogP contribution in [0, 0.1) is 0 Å². The van der Waals surface area contributed by atoms with Gasteiger partial charge in [-0.05, 0) is 45.1 Å². The van der Waals surface area contributed by atoms with E-state index in [0.717, 1.165) is 32.5 Å². The van der Waals surface area contributed by atoms with Gasteiger partial charge < -0.3 is 10.2 Å². The third-order valence-corrected chi connectivity index (χ3v) is 3.99. The fraction of sp³-hybridized carbons (Fsp3) is 0.625. The van der Waals surface area contributed by atoms with Gasteiger partial charge in [-0.1, -0.05) is 11.6 Å². The number of piperidine rings is 1. The maximum atomic E-state index is 12.0. The first-order valence-electron chi connectivity index (χ1n) is 7.78. The predicted octanol–water partition coefficient (Wildman–Crippen LogP) is 2.76. The van der Waals surface area contributed by atoms with Crippen molar-refractivity contribution in [2.45, 2.75) is 46.1 Å². The zero-order chi connectivity index (χ0) is 15.2. The average molecular weight is 290 g/mol. The van der Waals surface area contributed by atoms with Crippen molar-refractivity contribution in [1.82, 2.24) is 20.0 Å². The molecule has 116 valence electrons. The first-order chi connectivity index (χ1) is 10.1. The van der Waals surface area contributed by atoms with Crippen molar-refractivity contribution >= 4 is 6.03 Å². The van der Waals surface area contributed by atoms with E-state index in [0.29, 0.717) is 12.5 Å². The van der Waals surface area contributed by atoms with Crippen molar-refractivity contribution in [2.24, 2.45) is 0 Å². The van der Waals surface area contributed by atoms with Crippen molar-refractivity contribution in [3.8, 4) is 0 Å². The van der Waals surface area contributed by atoms with E-state index in [4.69, 9.17) is 0 Å². The number of hydrogen-bond donors (Lipinski definition) is 1. The Morgan fingerprint density at radius 3 is 2.71 bits per heavy atom. The van der Waals surface area contributed by atoms with Crippen molar-refractivity contribution in [2.75, 3.05) is 19.6 Å². The summed E-state index contributed by atoms with van der Waals surface area (Å²) in [5.41, 5.74) is 2.53. The second-order valence-electron chi connectivity index (χ2n) is 5.86. The number of urea groups is 1. The minimum atomic E-state index is 0.0511. The van der Waals surface area contributed by atoms with Gasteiger partial charge in [0.1, 0.15) is 0 Å². The molecule has 1 N–H and O–H groups in total. The van der Waals surface area contributed by atoms with Crippen LogP contribution in [0.1, 0.15) is 45.1 Å². The Labute approximate surface area is 127 Å². The molecule has 2 rings (SSSR count). The molecule has 1 fully saturated rings. The Kier molecular flexibility index (Phi) is 5.42. The van der Waals surface area contributed by atoms with E-state index in [-0.39, 0.29) is 6.03 Å². The van der Waals surface area contributed by atoms with Crippen molar-refractivity contribution in [3.63, 3.8) is 0 Å². The third-order valence-electron chi connectivity index (χ3n) is 3.99. The molecule has 0 radical (unpaired) electrons. The van der Waals surface area contributed by atoms with E-state index in [1.54, 1.807) is 0 Å². The Balaban J connectivity index is 1.79. The number of aryl methyl sites for hydroxylation is 1. The number of hydrogen-bond acceptors (Lipinski definition) is 2. The molecule has 1 aliphatic rings. The number of nitrogens with one attached hydrogen (secondary N) is 1. The van der Waals surface area contributed by atoms with Crippen molar-refractivity contribution in [3.05, 3.63) is 29.6 Å². The lowest BCUT2D eigenvalue weighted by atomic mass is 9.92. The summed E-state index contributed by atoms with van der Waals surface area (Å²) in [5.74, 6) is 0.534. The molecule has 1 aliphatic heterocycles. The number of carbonyl (C=O) groups is 1. The Morgan fingerprint density at radius 2 is 2.14 bits per heavy atom. The monoisotopic (exact) mass is 290 g/mol. The van der Waals surface area contributed by atoms with Gasteiger partial charge >= 0.3 is 6.03 Å². The standard InChI is InChI=1S/C16H26N4O/c1-4-20-12-15(11-18-20)14-6-9-19(10-7-14)16(21)17-8-5-13(2)3/h5,11-12,14H,4,6-10H2,1-3H3,(H,17,21). The third kappa shape index (κ3) is 4.34. The van der Waals surface area contributed by atoms with E-state index in [9.17, 15) is 4.79 Å². The molecule has 0 atom stereocenters. The largest absolute Gasteiger partial charge is 0.335 e. The summed E-state index contributed by atoms with van der Waals surface area (Å²) >= 11 is 0. The molecule has 0 aromatic carbocycles. The molecular weight excluding hydrogens is 264 g/mol.